The van der Waals surface area contributed by atoms with Crippen LogP contribution in [0.5, 0.6) is 0 Å². The van der Waals surface area contributed by atoms with Crippen LogP contribution < -0.4 is 5.73 Å². The Kier molecular flexibility index (Phi) is 5.09. The predicted molar refractivity (Wildman–Crippen MR) is 70.1 cm³/mol. The molecule has 0 aliphatic carbocycles. The van der Waals surface area contributed by atoms with Crippen LogP contribution in [-0.4, -0.2) is 28.5 Å². The molecule has 0 fully saturated rings. The molecular formula is C13H20FN3O. The first-order valence-electron chi connectivity index (χ1n) is 5.89. The van der Waals surface area contributed by atoms with E-state index in [4.69, 9.17) is 10.9 Å². The van der Waals surface area contributed by atoms with Gasteiger partial charge in [-0.25, -0.2) is 4.39 Å². The van der Waals surface area contributed by atoms with Crippen molar-refractivity contribution in [1.29, 1.82) is 0 Å². The number of nitrogens with two attached hydrogens (primary N) is 1. The van der Waals surface area contributed by atoms with Crippen molar-refractivity contribution in [2.45, 2.75) is 33.4 Å². The van der Waals surface area contributed by atoms with Crippen LogP contribution in [0.4, 0.5) is 4.39 Å². The molecule has 0 spiro atoms. The first-order valence-corrected chi connectivity index (χ1v) is 5.89. The molecule has 18 heavy (non-hydrogen) atoms. The molecule has 0 aromatic heterocycles. The number of halogens is 1. The van der Waals surface area contributed by atoms with Crippen LogP contribution >= 0.6 is 0 Å². The number of hydrogen-bond acceptors (Lipinski definition) is 3. The number of rotatable bonds is 5. The standard InChI is InChI=1S/C13H20FN3O/c1-9(2)17(8-13(15)16-18)7-11-4-5-12(14)6-10(11)3/h4-6,9,18H,7-8H2,1-3H3,(H2,15,16). The van der Waals surface area contributed by atoms with Crippen LogP contribution in [0.15, 0.2) is 23.4 Å². The van der Waals surface area contributed by atoms with Crippen molar-refractivity contribution in [3.63, 3.8) is 0 Å². The summed E-state index contributed by atoms with van der Waals surface area (Å²) in [5.74, 6) is -0.0627. The molecule has 0 unspecified atom stereocenters. The van der Waals surface area contributed by atoms with Gasteiger partial charge < -0.3 is 10.9 Å². The van der Waals surface area contributed by atoms with Gasteiger partial charge in [0.15, 0.2) is 5.84 Å². The number of amidine groups is 1. The molecule has 1 rings (SSSR count). The molecule has 0 bridgehead atoms. The Balaban J connectivity index is 2.83. The van der Waals surface area contributed by atoms with E-state index in [1.807, 2.05) is 20.8 Å². The number of benzene rings is 1. The minimum absolute atomic E-state index is 0.170. The Morgan fingerprint density at radius 1 is 1.50 bits per heavy atom. The van der Waals surface area contributed by atoms with Gasteiger partial charge in [-0.05, 0) is 44.0 Å². The number of nitrogens with zero attached hydrogens (tertiary/aromatic N) is 2. The zero-order valence-corrected chi connectivity index (χ0v) is 11.0. The van der Waals surface area contributed by atoms with Gasteiger partial charge in [0.2, 0.25) is 0 Å². The second kappa shape index (κ2) is 6.35. The van der Waals surface area contributed by atoms with Gasteiger partial charge in [0.1, 0.15) is 5.82 Å². The van der Waals surface area contributed by atoms with Gasteiger partial charge in [-0.1, -0.05) is 11.2 Å². The Bertz CT molecular complexity index is 432. The van der Waals surface area contributed by atoms with Crippen molar-refractivity contribution >= 4 is 5.84 Å². The van der Waals surface area contributed by atoms with Crippen LogP contribution in [0.1, 0.15) is 25.0 Å². The van der Waals surface area contributed by atoms with Gasteiger partial charge >= 0.3 is 0 Å². The number of aryl methyl sites for hydroxylation is 1. The zero-order chi connectivity index (χ0) is 13.7. The van der Waals surface area contributed by atoms with E-state index in [-0.39, 0.29) is 17.7 Å². The Morgan fingerprint density at radius 2 is 2.17 bits per heavy atom. The summed E-state index contributed by atoms with van der Waals surface area (Å²) in [6.45, 7) is 6.96. The zero-order valence-electron chi connectivity index (χ0n) is 11.0. The molecule has 1 aromatic rings. The molecule has 5 heteroatoms. The molecule has 1 aromatic carbocycles. The lowest BCUT2D eigenvalue weighted by Gasteiger charge is -2.26. The van der Waals surface area contributed by atoms with E-state index >= 15 is 0 Å². The van der Waals surface area contributed by atoms with E-state index in [1.165, 1.54) is 12.1 Å². The van der Waals surface area contributed by atoms with Crippen molar-refractivity contribution < 1.29 is 9.60 Å². The summed E-state index contributed by atoms with van der Waals surface area (Å²) in [7, 11) is 0. The van der Waals surface area contributed by atoms with Crippen LogP contribution in [0.3, 0.4) is 0 Å². The molecule has 0 amide bonds. The summed E-state index contributed by atoms with van der Waals surface area (Å²) in [5, 5.41) is 11.6. The SMILES string of the molecule is Cc1cc(F)ccc1CN(C/C(N)=N/O)C(C)C. The van der Waals surface area contributed by atoms with Gasteiger partial charge in [0.25, 0.3) is 0 Å². The van der Waals surface area contributed by atoms with Gasteiger partial charge in [0.05, 0.1) is 6.54 Å². The van der Waals surface area contributed by atoms with E-state index in [0.717, 1.165) is 11.1 Å². The highest BCUT2D eigenvalue weighted by Crippen LogP contribution is 2.14. The molecular weight excluding hydrogens is 233 g/mol. The Labute approximate surface area is 107 Å². The second-order valence-corrected chi connectivity index (χ2v) is 4.66. The Morgan fingerprint density at radius 3 is 2.67 bits per heavy atom. The second-order valence-electron chi connectivity index (χ2n) is 4.66. The van der Waals surface area contributed by atoms with Crippen LogP contribution in [0, 0.1) is 12.7 Å². The lowest BCUT2D eigenvalue weighted by atomic mass is 10.1. The van der Waals surface area contributed by atoms with E-state index in [2.05, 4.69) is 10.1 Å². The molecule has 0 radical (unpaired) electrons. The minimum atomic E-state index is -0.233. The molecule has 0 saturated heterocycles. The average molecular weight is 253 g/mol. The van der Waals surface area contributed by atoms with Gasteiger partial charge in [0, 0.05) is 12.6 Å². The molecule has 0 aliphatic heterocycles. The summed E-state index contributed by atoms with van der Waals surface area (Å²) in [6, 6.07) is 4.98. The summed E-state index contributed by atoms with van der Waals surface area (Å²) >= 11 is 0. The molecule has 4 nitrogen and oxygen atoms in total. The normalized spacial score (nSPS) is 12.4. The van der Waals surface area contributed by atoms with Crippen molar-refractivity contribution in [2.24, 2.45) is 10.9 Å². The highest BCUT2D eigenvalue weighted by molar-refractivity contribution is 5.81. The maximum atomic E-state index is 13.0. The topological polar surface area (TPSA) is 61.8 Å². The largest absolute Gasteiger partial charge is 0.409 e. The van der Waals surface area contributed by atoms with E-state index < -0.39 is 0 Å². The first-order chi connectivity index (χ1) is 8.43. The monoisotopic (exact) mass is 253 g/mol. The van der Waals surface area contributed by atoms with Gasteiger partial charge in [-0.15, -0.1) is 0 Å². The summed E-state index contributed by atoms with van der Waals surface area (Å²) in [5.41, 5.74) is 7.47. The first kappa shape index (κ1) is 14.4. The van der Waals surface area contributed by atoms with Crippen molar-refractivity contribution in [3.8, 4) is 0 Å². The summed E-state index contributed by atoms with van der Waals surface area (Å²) in [6.07, 6.45) is 0. The molecule has 0 heterocycles. The number of hydrogen-bond donors (Lipinski definition) is 2. The fourth-order valence-corrected chi connectivity index (χ4v) is 1.72. The highest BCUT2D eigenvalue weighted by Gasteiger charge is 2.13. The summed E-state index contributed by atoms with van der Waals surface area (Å²) < 4.78 is 13.0. The van der Waals surface area contributed by atoms with E-state index in [0.29, 0.717) is 13.1 Å². The van der Waals surface area contributed by atoms with E-state index in [9.17, 15) is 4.39 Å². The average Bonchev–Trinajstić information content (AvgIpc) is 2.30. The maximum absolute atomic E-state index is 13.0. The predicted octanol–water partition coefficient (Wildman–Crippen LogP) is 2.09. The maximum Gasteiger partial charge on any atom is 0.153 e. The van der Waals surface area contributed by atoms with Crippen molar-refractivity contribution in [1.82, 2.24) is 4.90 Å². The minimum Gasteiger partial charge on any atom is -0.409 e. The third-order valence-electron chi connectivity index (χ3n) is 2.90. The molecule has 0 saturated carbocycles. The Hall–Kier alpha value is -1.62. The van der Waals surface area contributed by atoms with Gasteiger partial charge in [-0.3, -0.25) is 4.90 Å². The van der Waals surface area contributed by atoms with Crippen LogP contribution in [0.25, 0.3) is 0 Å². The molecule has 3 N–H and O–H groups in total. The summed E-state index contributed by atoms with van der Waals surface area (Å²) in [4.78, 5) is 2.05. The van der Waals surface area contributed by atoms with Crippen molar-refractivity contribution in [3.05, 3.63) is 35.1 Å². The third-order valence-corrected chi connectivity index (χ3v) is 2.90. The van der Waals surface area contributed by atoms with Crippen LogP contribution in [0.2, 0.25) is 0 Å². The number of oxime groups is 1. The highest BCUT2D eigenvalue weighted by atomic mass is 19.1. The molecule has 0 atom stereocenters. The molecule has 100 valence electrons. The third kappa shape index (κ3) is 4.00. The van der Waals surface area contributed by atoms with Crippen LogP contribution in [-0.2, 0) is 6.54 Å². The van der Waals surface area contributed by atoms with E-state index in [1.54, 1.807) is 6.07 Å². The fourth-order valence-electron chi connectivity index (χ4n) is 1.72. The fraction of sp³-hybridized carbons (Fsp3) is 0.462. The lowest BCUT2D eigenvalue weighted by Crippen LogP contribution is -2.38. The quantitative estimate of drug-likeness (QED) is 0.365. The lowest BCUT2D eigenvalue weighted by molar-refractivity contribution is 0.238. The van der Waals surface area contributed by atoms with Gasteiger partial charge in [-0.2, -0.15) is 0 Å². The van der Waals surface area contributed by atoms with Crippen molar-refractivity contribution in [2.75, 3.05) is 6.54 Å². The molecule has 0 aliphatic rings. The smallest absolute Gasteiger partial charge is 0.153 e.